The van der Waals surface area contributed by atoms with Crippen molar-refractivity contribution in [2.24, 2.45) is 7.05 Å². The summed E-state index contributed by atoms with van der Waals surface area (Å²) in [6.07, 6.45) is 1.83. The third-order valence-corrected chi connectivity index (χ3v) is 5.36. The van der Waals surface area contributed by atoms with E-state index in [4.69, 9.17) is 11.6 Å². The first-order valence-electron chi connectivity index (χ1n) is 5.14. The van der Waals surface area contributed by atoms with Gasteiger partial charge in [0.1, 0.15) is 10.0 Å². The summed E-state index contributed by atoms with van der Waals surface area (Å²) >= 11 is 5.97. The zero-order chi connectivity index (χ0) is 11.9. The van der Waals surface area contributed by atoms with E-state index in [1.165, 1.54) is 8.99 Å². The van der Waals surface area contributed by atoms with Gasteiger partial charge in [-0.25, -0.2) is 8.42 Å². The van der Waals surface area contributed by atoms with E-state index in [9.17, 15) is 8.42 Å². The SMILES string of the molecule is Cc1nn(C)c(Cl)c1S(=O)(=O)N1CCCC1. The highest BCUT2D eigenvalue weighted by Crippen LogP contribution is 2.29. The topological polar surface area (TPSA) is 55.2 Å². The van der Waals surface area contributed by atoms with Gasteiger partial charge in [-0.3, -0.25) is 4.68 Å². The van der Waals surface area contributed by atoms with Crippen molar-refractivity contribution in [3.63, 3.8) is 0 Å². The summed E-state index contributed by atoms with van der Waals surface area (Å²) in [5.41, 5.74) is 0.458. The third kappa shape index (κ3) is 1.74. The summed E-state index contributed by atoms with van der Waals surface area (Å²) in [6, 6.07) is 0. The van der Waals surface area contributed by atoms with Crippen molar-refractivity contribution < 1.29 is 8.42 Å². The zero-order valence-electron chi connectivity index (χ0n) is 9.27. The molecule has 1 aliphatic heterocycles. The smallest absolute Gasteiger partial charge is 0.248 e. The lowest BCUT2D eigenvalue weighted by Crippen LogP contribution is -2.28. The predicted molar refractivity (Wildman–Crippen MR) is 60.9 cm³/mol. The fourth-order valence-corrected chi connectivity index (χ4v) is 4.18. The summed E-state index contributed by atoms with van der Waals surface area (Å²) in [4.78, 5) is 0.151. The second-order valence-electron chi connectivity index (χ2n) is 3.94. The highest BCUT2D eigenvalue weighted by atomic mass is 35.5. The molecule has 2 heterocycles. The highest BCUT2D eigenvalue weighted by molar-refractivity contribution is 7.89. The van der Waals surface area contributed by atoms with Crippen LogP contribution in [0.4, 0.5) is 0 Å². The number of aromatic nitrogens is 2. The Morgan fingerprint density at radius 2 is 1.88 bits per heavy atom. The molecule has 0 spiro atoms. The normalized spacial score (nSPS) is 18.2. The van der Waals surface area contributed by atoms with Crippen molar-refractivity contribution in [1.82, 2.24) is 14.1 Å². The maximum absolute atomic E-state index is 12.3. The minimum absolute atomic E-state index is 0.151. The number of hydrogen-bond donors (Lipinski definition) is 0. The summed E-state index contributed by atoms with van der Waals surface area (Å²) in [6.45, 7) is 2.81. The average Bonchev–Trinajstić information content (AvgIpc) is 2.76. The molecule has 0 N–H and O–H groups in total. The van der Waals surface area contributed by atoms with Gasteiger partial charge < -0.3 is 0 Å². The van der Waals surface area contributed by atoms with Crippen molar-refractivity contribution in [3.05, 3.63) is 10.8 Å². The minimum atomic E-state index is -3.46. The summed E-state index contributed by atoms with van der Waals surface area (Å²) in [7, 11) is -1.82. The van der Waals surface area contributed by atoms with Gasteiger partial charge in [-0.05, 0) is 19.8 Å². The zero-order valence-corrected chi connectivity index (χ0v) is 10.8. The van der Waals surface area contributed by atoms with Gasteiger partial charge in [-0.2, -0.15) is 9.40 Å². The number of nitrogens with zero attached hydrogens (tertiary/aromatic N) is 3. The van der Waals surface area contributed by atoms with E-state index in [2.05, 4.69) is 5.10 Å². The van der Waals surface area contributed by atoms with Gasteiger partial charge in [-0.1, -0.05) is 11.6 Å². The van der Waals surface area contributed by atoms with Gasteiger partial charge in [0, 0.05) is 20.1 Å². The first-order valence-corrected chi connectivity index (χ1v) is 6.95. The molecular weight excluding hydrogens is 250 g/mol. The van der Waals surface area contributed by atoms with Crippen molar-refractivity contribution >= 4 is 21.6 Å². The Balaban J connectivity index is 2.50. The van der Waals surface area contributed by atoms with Crippen molar-refractivity contribution in [1.29, 1.82) is 0 Å². The van der Waals surface area contributed by atoms with Crippen LogP contribution in [0.15, 0.2) is 4.90 Å². The molecule has 1 fully saturated rings. The van der Waals surface area contributed by atoms with Crippen molar-refractivity contribution in [3.8, 4) is 0 Å². The lowest BCUT2D eigenvalue weighted by Gasteiger charge is -2.14. The van der Waals surface area contributed by atoms with Gasteiger partial charge in [0.15, 0.2) is 0 Å². The quantitative estimate of drug-likeness (QED) is 0.805. The Morgan fingerprint density at radius 3 is 2.31 bits per heavy atom. The first-order chi connectivity index (χ1) is 7.44. The van der Waals surface area contributed by atoms with Crippen LogP contribution >= 0.6 is 11.6 Å². The Kier molecular flexibility index (Phi) is 2.98. The van der Waals surface area contributed by atoms with Crippen LogP contribution in [0.3, 0.4) is 0 Å². The molecule has 0 saturated carbocycles. The van der Waals surface area contributed by atoms with Crippen LogP contribution in [0.2, 0.25) is 5.15 Å². The molecule has 0 aliphatic carbocycles. The molecule has 90 valence electrons. The Bertz CT molecular complexity index is 503. The van der Waals surface area contributed by atoms with E-state index in [0.717, 1.165) is 12.8 Å². The van der Waals surface area contributed by atoms with Crippen LogP contribution in [0, 0.1) is 6.92 Å². The Labute approximate surface area is 100 Å². The van der Waals surface area contributed by atoms with Crippen LogP contribution in [0.1, 0.15) is 18.5 Å². The van der Waals surface area contributed by atoms with Crippen molar-refractivity contribution in [2.75, 3.05) is 13.1 Å². The maximum Gasteiger partial charge on any atom is 0.248 e. The second-order valence-corrected chi connectivity index (χ2v) is 6.17. The predicted octanol–water partition coefficient (Wildman–Crippen LogP) is 1.17. The number of hydrogen-bond acceptors (Lipinski definition) is 3. The number of sulfonamides is 1. The molecule has 2 rings (SSSR count). The van der Waals surface area contributed by atoms with Gasteiger partial charge in [0.25, 0.3) is 0 Å². The molecule has 16 heavy (non-hydrogen) atoms. The minimum Gasteiger partial charge on any atom is -0.255 e. The maximum atomic E-state index is 12.3. The largest absolute Gasteiger partial charge is 0.255 e. The molecule has 1 aromatic rings. The van der Waals surface area contributed by atoms with Crippen LogP contribution in [-0.2, 0) is 17.1 Å². The number of rotatable bonds is 2. The molecule has 7 heteroatoms. The first kappa shape index (κ1) is 11.9. The van der Waals surface area contributed by atoms with Crippen LogP contribution in [0.5, 0.6) is 0 Å². The van der Waals surface area contributed by atoms with Gasteiger partial charge in [0.2, 0.25) is 10.0 Å². The molecule has 0 radical (unpaired) electrons. The monoisotopic (exact) mass is 263 g/mol. The second kappa shape index (κ2) is 4.01. The lowest BCUT2D eigenvalue weighted by atomic mass is 10.4. The molecule has 1 aliphatic rings. The molecule has 0 amide bonds. The van der Waals surface area contributed by atoms with Gasteiger partial charge in [0.05, 0.1) is 5.69 Å². The molecule has 1 aromatic heterocycles. The van der Waals surface area contributed by atoms with Crippen molar-refractivity contribution in [2.45, 2.75) is 24.7 Å². The molecular formula is C9H14ClN3O2S. The van der Waals surface area contributed by atoms with Gasteiger partial charge in [-0.15, -0.1) is 0 Å². The van der Waals surface area contributed by atoms with E-state index in [-0.39, 0.29) is 10.0 Å². The lowest BCUT2D eigenvalue weighted by molar-refractivity contribution is 0.477. The van der Waals surface area contributed by atoms with E-state index in [1.54, 1.807) is 14.0 Å². The molecule has 0 atom stereocenters. The molecule has 1 saturated heterocycles. The molecule has 0 bridgehead atoms. The fraction of sp³-hybridized carbons (Fsp3) is 0.667. The average molecular weight is 264 g/mol. The summed E-state index contributed by atoms with van der Waals surface area (Å²) < 4.78 is 27.4. The van der Waals surface area contributed by atoms with E-state index in [0.29, 0.717) is 18.8 Å². The third-order valence-electron chi connectivity index (χ3n) is 2.76. The van der Waals surface area contributed by atoms with Crippen LogP contribution in [0.25, 0.3) is 0 Å². The fourth-order valence-electron chi connectivity index (χ4n) is 1.96. The summed E-state index contributed by atoms with van der Waals surface area (Å²) in [5, 5.41) is 4.21. The van der Waals surface area contributed by atoms with Crippen LogP contribution in [-0.4, -0.2) is 35.6 Å². The van der Waals surface area contributed by atoms with E-state index >= 15 is 0 Å². The highest BCUT2D eigenvalue weighted by Gasteiger charge is 2.32. The number of halogens is 1. The Hall–Kier alpha value is -0.590. The van der Waals surface area contributed by atoms with Crippen LogP contribution < -0.4 is 0 Å². The molecule has 5 nitrogen and oxygen atoms in total. The molecule has 0 unspecified atom stereocenters. The molecule has 0 aromatic carbocycles. The van der Waals surface area contributed by atoms with E-state index in [1.807, 2.05) is 0 Å². The van der Waals surface area contributed by atoms with Gasteiger partial charge >= 0.3 is 0 Å². The van der Waals surface area contributed by atoms with E-state index < -0.39 is 10.0 Å². The summed E-state index contributed by atoms with van der Waals surface area (Å²) in [5.74, 6) is 0. The standard InChI is InChI=1S/C9H14ClN3O2S/c1-7-8(9(10)12(2)11-7)16(14,15)13-5-3-4-6-13/h3-6H2,1-2H3. The Morgan fingerprint density at radius 1 is 1.31 bits per heavy atom. The number of aryl methyl sites for hydroxylation is 2.